The lowest BCUT2D eigenvalue weighted by Gasteiger charge is -2.09. The summed E-state index contributed by atoms with van der Waals surface area (Å²) in [5.41, 5.74) is 3.35. The summed E-state index contributed by atoms with van der Waals surface area (Å²) in [6.07, 6.45) is -0.0363. The molecule has 0 radical (unpaired) electrons. The van der Waals surface area contributed by atoms with Gasteiger partial charge in [0.1, 0.15) is 5.01 Å². The number of hydrogen-bond acceptors (Lipinski definition) is 5. The largest absolute Gasteiger partial charge is 0.274 e. The number of hydrogen-bond donors (Lipinski definition) is 1. The van der Waals surface area contributed by atoms with Crippen LogP contribution in [0.25, 0.3) is 10.6 Å². The van der Waals surface area contributed by atoms with Crippen LogP contribution in [0.4, 0.5) is 0 Å². The van der Waals surface area contributed by atoms with Gasteiger partial charge in [-0.25, -0.2) is 18.1 Å². The monoisotopic (exact) mass is 464 g/mol. The number of aromatic nitrogens is 1. The van der Waals surface area contributed by atoms with E-state index in [1.54, 1.807) is 18.2 Å². The van der Waals surface area contributed by atoms with Crippen LogP contribution >= 0.6 is 27.3 Å². The number of halogens is 1. The summed E-state index contributed by atoms with van der Waals surface area (Å²) in [7, 11) is -3.96. The molecule has 2 aromatic carbocycles. The molecule has 140 valence electrons. The van der Waals surface area contributed by atoms with Crippen molar-refractivity contribution in [2.75, 3.05) is 0 Å². The Bertz CT molecular complexity index is 1110. The van der Waals surface area contributed by atoms with Crippen LogP contribution in [-0.2, 0) is 21.2 Å². The van der Waals surface area contributed by atoms with Gasteiger partial charge in [-0.15, -0.1) is 11.3 Å². The number of carbonyl (C=O) groups excluding carboxylic acids is 1. The van der Waals surface area contributed by atoms with Crippen LogP contribution in [0.2, 0.25) is 0 Å². The molecule has 0 saturated carbocycles. The maximum absolute atomic E-state index is 12.6. The van der Waals surface area contributed by atoms with Crippen LogP contribution in [0.3, 0.4) is 0 Å². The second-order valence-corrected chi connectivity index (χ2v) is 9.52. The zero-order valence-electron chi connectivity index (χ0n) is 14.7. The van der Waals surface area contributed by atoms with Crippen LogP contribution in [0.5, 0.6) is 0 Å². The van der Waals surface area contributed by atoms with Crippen LogP contribution in [0.15, 0.2) is 57.2 Å². The van der Waals surface area contributed by atoms with Gasteiger partial charge in [-0.1, -0.05) is 40.2 Å². The fourth-order valence-electron chi connectivity index (χ4n) is 2.50. The van der Waals surface area contributed by atoms with E-state index in [9.17, 15) is 13.2 Å². The number of carbonyl (C=O) groups is 1. The minimum absolute atomic E-state index is 0.0316. The predicted molar refractivity (Wildman–Crippen MR) is 110 cm³/mol. The van der Waals surface area contributed by atoms with E-state index >= 15 is 0 Å². The van der Waals surface area contributed by atoms with Gasteiger partial charge in [-0.2, -0.15) is 0 Å². The van der Waals surface area contributed by atoms with Gasteiger partial charge in [-0.3, -0.25) is 4.79 Å². The summed E-state index contributed by atoms with van der Waals surface area (Å²) in [6.45, 7) is 3.82. The van der Waals surface area contributed by atoms with Crippen molar-refractivity contribution in [2.45, 2.75) is 25.2 Å². The molecular weight excluding hydrogens is 448 g/mol. The van der Waals surface area contributed by atoms with Gasteiger partial charge < -0.3 is 0 Å². The Labute approximate surface area is 170 Å². The van der Waals surface area contributed by atoms with Crippen molar-refractivity contribution in [3.8, 4) is 10.6 Å². The van der Waals surface area contributed by atoms with E-state index in [-0.39, 0.29) is 11.3 Å². The number of nitrogens with one attached hydrogen (secondary N) is 1. The van der Waals surface area contributed by atoms with Crippen LogP contribution in [0, 0.1) is 13.8 Å². The topological polar surface area (TPSA) is 76.1 Å². The molecule has 1 aromatic heterocycles. The lowest BCUT2D eigenvalue weighted by atomic mass is 10.1. The number of nitrogens with zero attached hydrogens (tertiary/aromatic N) is 1. The molecule has 1 N–H and O–H groups in total. The number of rotatable bonds is 5. The molecule has 1 amide bonds. The van der Waals surface area contributed by atoms with Crippen LogP contribution < -0.4 is 4.72 Å². The highest BCUT2D eigenvalue weighted by Crippen LogP contribution is 2.26. The molecule has 0 aliphatic carbocycles. The van der Waals surface area contributed by atoms with Gasteiger partial charge in [0.05, 0.1) is 11.3 Å². The molecule has 27 heavy (non-hydrogen) atoms. The number of sulfonamides is 1. The zero-order chi connectivity index (χ0) is 19.6. The van der Waals surface area contributed by atoms with Gasteiger partial charge in [0.25, 0.3) is 10.0 Å². The Morgan fingerprint density at radius 2 is 1.96 bits per heavy atom. The highest BCUT2D eigenvalue weighted by molar-refractivity contribution is 9.10. The first kappa shape index (κ1) is 19.7. The summed E-state index contributed by atoms with van der Waals surface area (Å²) >= 11 is 4.84. The zero-order valence-corrected chi connectivity index (χ0v) is 17.9. The third-order valence-corrected chi connectivity index (χ3v) is 6.94. The lowest BCUT2D eigenvalue weighted by Crippen LogP contribution is -2.31. The van der Waals surface area contributed by atoms with Crippen LogP contribution in [0.1, 0.15) is 16.8 Å². The smallest absolute Gasteiger partial charge is 0.264 e. The van der Waals surface area contributed by atoms with E-state index in [4.69, 9.17) is 0 Å². The summed E-state index contributed by atoms with van der Waals surface area (Å²) in [4.78, 5) is 16.7. The van der Waals surface area contributed by atoms with E-state index in [0.717, 1.165) is 26.3 Å². The van der Waals surface area contributed by atoms with Crippen molar-refractivity contribution in [3.63, 3.8) is 0 Å². The SMILES string of the molecule is Cc1ccc(CC(=O)NS(=O)(=O)c2cccc(-c3nc(C)cs3)c2)c(Br)c1. The predicted octanol–water partition coefficient (Wildman–Crippen LogP) is 4.24. The van der Waals surface area contributed by atoms with E-state index < -0.39 is 15.9 Å². The van der Waals surface area contributed by atoms with Crippen molar-refractivity contribution in [1.82, 2.24) is 9.71 Å². The Morgan fingerprint density at radius 3 is 2.63 bits per heavy atom. The molecule has 3 aromatic rings. The van der Waals surface area contributed by atoms with E-state index in [1.807, 2.05) is 31.4 Å². The Morgan fingerprint density at radius 1 is 1.19 bits per heavy atom. The highest BCUT2D eigenvalue weighted by atomic mass is 79.9. The number of benzene rings is 2. The van der Waals surface area contributed by atoms with Crippen molar-refractivity contribution in [3.05, 3.63) is 69.1 Å². The fraction of sp³-hybridized carbons (Fsp3) is 0.158. The molecule has 0 saturated heterocycles. The minimum Gasteiger partial charge on any atom is -0.274 e. The van der Waals surface area contributed by atoms with Gasteiger partial charge in [-0.05, 0) is 43.2 Å². The number of thiazole rings is 1. The Hall–Kier alpha value is -2.03. The average Bonchev–Trinajstić information content (AvgIpc) is 3.04. The maximum Gasteiger partial charge on any atom is 0.264 e. The molecule has 5 nitrogen and oxygen atoms in total. The molecule has 8 heteroatoms. The van der Waals surface area contributed by atoms with Crippen molar-refractivity contribution < 1.29 is 13.2 Å². The second-order valence-electron chi connectivity index (χ2n) is 6.12. The average molecular weight is 465 g/mol. The van der Waals surface area contributed by atoms with E-state index in [2.05, 4.69) is 25.6 Å². The summed E-state index contributed by atoms with van der Waals surface area (Å²) < 4.78 is 28.1. The number of amides is 1. The van der Waals surface area contributed by atoms with Crippen molar-refractivity contribution in [2.24, 2.45) is 0 Å². The summed E-state index contributed by atoms with van der Waals surface area (Å²) in [5.74, 6) is -0.588. The number of aryl methyl sites for hydroxylation is 2. The first-order valence-corrected chi connectivity index (χ1v) is 11.2. The van der Waals surface area contributed by atoms with E-state index in [1.165, 1.54) is 23.5 Å². The van der Waals surface area contributed by atoms with Gasteiger partial charge in [0.15, 0.2) is 0 Å². The quantitative estimate of drug-likeness (QED) is 0.612. The first-order chi connectivity index (χ1) is 12.7. The molecule has 1 heterocycles. The maximum atomic E-state index is 12.6. The Balaban J connectivity index is 1.79. The lowest BCUT2D eigenvalue weighted by molar-refractivity contribution is -0.118. The molecule has 0 fully saturated rings. The molecular formula is C19H17BrN2O3S2. The minimum atomic E-state index is -3.96. The molecule has 0 unspecified atom stereocenters. The third-order valence-electron chi connectivity index (χ3n) is 3.82. The van der Waals surface area contributed by atoms with Crippen LogP contribution in [-0.4, -0.2) is 19.3 Å². The fourth-order valence-corrected chi connectivity index (χ4v) is 4.95. The molecule has 0 bridgehead atoms. The third kappa shape index (κ3) is 4.82. The molecule has 0 aliphatic heterocycles. The van der Waals surface area contributed by atoms with Gasteiger partial charge >= 0.3 is 0 Å². The van der Waals surface area contributed by atoms with Gasteiger partial charge in [0, 0.05) is 21.1 Å². The summed E-state index contributed by atoms with van der Waals surface area (Å²) in [6, 6.07) is 12.0. The van der Waals surface area contributed by atoms with Crippen molar-refractivity contribution >= 4 is 43.2 Å². The molecule has 0 spiro atoms. The van der Waals surface area contributed by atoms with Gasteiger partial charge in [0.2, 0.25) is 5.91 Å². The van der Waals surface area contributed by atoms with E-state index in [0.29, 0.717) is 5.56 Å². The first-order valence-electron chi connectivity index (χ1n) is 8.08. The molecule has 0 aliphatic rings. The molecule has 0 atom stereocenters. The Kier molecular flexibility index (Phi) is 5.78. The standard InChI is InChI=1S/C19H17BrN2O3S2/c1-12-6-7-14(17(20)8-12)10-18(23)22-27(24,25)16-5-3-4-15(9-16)19-21-13(2)11-26-19/h3-9,11H,10H2,1-2H3,(H,22,23). The van der Waals surface area contributed by atoms with Crippen molar-refractivity contribution in [1.29, 1.82) is 0 Å². The highest BCUT2D eigenvalue weighted by Gasteiger charge is 2.19. The summed E-state index contributed by atoms with van der Waals surface area (Å²) in [5, 5.41) is 2.64. The molecule has 3 rings (SSSR count). The second kappa shape index (κ2) is 7.92. The normalized spacial score (nSPS) is 11.4.